The molecule has 0 aliphatic rings. The van der Waals surface area contributed by atoms with Crippen LogP contribution in [-0.4, -0.2) is 22.6 Å². The number of thiophene rings is 1. The highest BCUT2D eigenvalue weighted by Crippen LogP contribution is 2.30. The van der Waals surface area contributed by atoms with Gasteiger partial charge in [-0.25, -0.2) is 4.98 Å². The highest BCUT2D eigenvalue weighted by Gasteiger charge is 2.14. The van der Waals surface area contributed by atoms with E-state index >= 15 is 0 Å². The van der Waals surface area contributed by atoms with E-state index in [2.05, 4.69) is 10.3 Å². The van der Waals surface area contributed by atoms with Gasteiger partial charge in [0.2, 0.25) is 5.91 Å². The Balaban J connectivity index is 1.55. The van der Waals surface area contributed by atoms with Crippen molar-refractivity contribution in [3.8, 4) is 16.9 Å². The summed E-state index contributed by atoms with van der Waals surface area (Å²) in [7, 11) is 1.52. The standard InChI is InChI=1S/C22H18ClN3O3S/c1-29-18-8-7-15(23)11-17(18)25-19(27)9-10-26-13-24-21-20(22(26)28)16(12-30-21)14-5-3-2-4-6-14/h2-8,11-13H,9-10H2,1H3,(H,25,27). The molecule has 0 unspecified atom stereocenters. The molecule has 2 aromatic carbocycles. The van der Waals surface area contributed by atoms with Gasteiger partial charge in [-0.2, -0.15) is 0 Å². The van der Waals surface area contributed by atoms with Crippen molar-refractivity contribution in [2.45, 2.75) is 13.0 Å². The van der Waals surface area contributed by atoms with Crippen molar-refractivity contribution in [1.82, 2.24) is 9.55 Å². The van der Waals surface area contributed by atoms with Crippen molar-refractivity contribution in [3.63, 3.8) is 0 Å². The second-order valence-corrected chi connectivity index (χ2v) is 7.88. The molecular weight excluding hydrogens is 422 g/mol. The number of aromatic nitrogens is 2. The summed E-state index contributed by atoms with van der Waals surface area (Å²) in [5.74, 6) is 0.259. The molecule has 0 radical (unpaired) electrons. The lowest BCUT2D eigenvalue weighted by atomic mass is 10.1. The summed E-state index contributed by atoms with van der Waals surface area (Å²) in [5.41, 5.74) is 2.15. The van der Waals surface area contributed by atoms with Gasteiger partial charge in [-0.15, -0.1) is 11.3 Å². The monoisotopic (exact) mass is 439 g/mol. The third-order valence-corrected chi connectivity index (χ3v) is 5.78. The minimum atomic E-state index is -0.254. The number of nitrogens with one attached hydrogen (secondary N) is 1. The van der Waals surface area contributed by atoms with Gasteiger partial charge in [0.25, 0.3) is 5.56 Å². The van der Waals surface area contributed by atoms with Crippen LogP contribution in [0.25, 0.3) is 21.3 Å². The number of hydrogen-bond donors (Lipinski definition) is 1. The number of amides is 1. The molecule has 0 atom stereocenters. The maximum absolute atomic E-state index is 13.1. The van der Waals surface area contributed by atoms with Gasteiger partial charge in [-0.05, 0) is 23.8 Å². The highest BCUT2D eigenvalue weighted by molar-refractivity contribution is 7.17. The van der Waals surface area contributed by atoms with E-state index < -0.39 is 0 Å². The van der Waals surface area contributed by atoms with E-state index in [0.717, 1.165) is 11.1 Å². The Bertz CT molecular complexity index is 1270. The van der Waals surface area contributed by atoms with Gasteiger partial charge in [0, 0.05) is 28.9 Å². The summed E-state index contributed by atoms with van der Waals surface area (Å²) in [4.78, 5) is 30.6. The van der Waals surface area contributed by atoms with Gasteiger partial charge in [0.1, 0.15) is 10.6 Å². The van der Waals surface area contributed by atoms with Gasteiger partial charge in [0.15, 0.2) is 0 Å². The van der Waals surface area contributed by atoms with E-state index in [1.807, 2.05) is 35.7 Å². The Morgan fingerprint density at radius 3 is 2.80 bits per heavy atom. The summed E-state index contributed by atoms with van der Waals surface area (Å²) >= 11 is 7.43. The minimum Gasteiger partial charge on any atom is -0.495 e. The summed E-state index contributed by atoms with van der Waals surface area (Å²) in [6.45, 7) is 0.209. The number of carbonyl (C=O) groups is 1. The van der Waals surface area contributed by atoms with Crippen molar-refractivity contribution >= 4 is 44.7 Å². The molecule has 1 amide bonds. The van der Waals surface area contributed by atoms with Crippen molar-refractivity contribution < 1.29 is 9.53 Å². The fourth-order valence-corrected chi connectivity index (χ4v) is 4.25. The number of aryl methyl sites for hydroxylation is 1. The van der Waals surface area contributed by atoms with Crippen LogP contribution in [0.3, 0.4) is 0 Å². The largest absolute Gasteiger partial charge is 0.495 e. The molecule has 0 bridgehead atoms. The number of rotatable bonds is 6. The van der Waals surface area contributed by atoms with Gasteiger partial charge < -0.3 is 10.1 Å². The van der Waals surface area contributed by atoms with E-state index in [4.69, 9.17) is 16.3 Å². The fourth-order valence-electron chi connectivity index (χ4n) is 3.17. The second kappa shape index (κ2) is 8.69. The first-order chi connectivity index (χ1) is 14.6. The summed E-state index contributed by atoms with van der Waals surface area (Å²) in [5, 5.41) is 5.78. The lowest BCUT2D eigenvalue weighted by molar-refractivity contribution is -0.116. The SMILES string of the molecule is COc1ccc(Cl)cc1NC(=O)CCn1cnc2scc(-c3ccccc3)c2c1=O. The van der Waals surface area contributed by atoms with Crippen molar-refractivity contribution in [1.29, 1.82) is 0 Å². The normalized spacial score (nSPS) is 10.9. The molecule has 0 aliphatic heterocycles. The topological polar surface area (TPSA) is 73.2 Å². The molecule has 2 aromatic heterocycles. The quantitative estimate of drug-likeness (QED) is 0.467. The molecule has 4 aromatic rings. The summed E-state index contributed by atoms with van der Waals surface area (Å²) in [6, 6.07) is 14.7. The zero-order valence-corrected chi connectivity index (χ0v) is 17.7. The van der Waals surface area contributed by atoms with Crippen LogP contribution in [0.4, 0.5) is 5.69 Å². The Hall–Kier alpha value is -3.16. The molecule has 152 valence electrons. The first-order valence-corrected chi connectivity index (χ1v) is 10.5. The predicted octanol–water partition coefficient (Wildman–Crippen LogP) is 4.82. The van der Waals surface area contributed by atoms with Gasteiger partial charge in [-0.1, -0.05) is 41.9 Å². The zero-order valence-electron chi connectivity index (χ0n) is 16.1. The lowest BCUT2D eigenvalue weighted by Crippen LogP contribution is -2.23. The smallest absolute Gasteiger partial charge is 0.262 e. The van der Waals surface area contributed by atoms with Crippen LogP contribution < -0.4 is 15.6 Å². The van der Waals surface area contributed by atoms with Crippen molar-refractivity contribution in [2.75, 3.05) is 12.4 Å². The maximum Gasteiger partial charge on any atom is 0.262 e. The summed E-state index contributed by atoms with van der Waals surface area (Å²) < 4.78 is 6.71. The van der Waals surface area contributed by atoms with Crippen LogP contribution in [-0.2, 0) is 11.3 Å². The molecule has 0 saturated carbocycles. The molecule has 6 nitrogen and oxygen atoms in total. The lowest BCUT2D eigenvalue weighted by Gasteiger charge is -2.11. The van der Waals surface area contributed by atoms with Crippen LogP contribution in [0.5, 0.6) is 5.75 Å². The van der Waals surface area contributed by atoms with E-state index in [9.17, 15) is 9.59 Å². The Morgan fingerprint density at radius 2 is 2.03 bits per heavy atom. The van der Waals surface area contributed by atoms with Crippen LogP contribution >= 0.6 is 22.9 Å². The average Bonchev–Trinajstić information content (AvgIpc) is 3.19. The number of nitrogens with zero attached hydrogens (tertiary/aromatic N) is 2. The second-order valence-electron chi connectivity index (χ2n) is 6.58. The highest BCUT2D eigenvalue weighted by atomic mass is 35.5. The molecule has 0 spiro atoms. The number of fused-ring (bicyclic) bond motifs is 1. The van der Waals surface area contributed by atoms with E-state index in [1.54, 1.807) is 18.2 Å². The molecular formula is C22H18ClN3O3S. The first-order valence-electron chi connectivity index (χ1n) is 9.22. The van der Waals surface area contributed by atoms with E-state index in [0.29, 0.717) is 26.7 Å². The molecule has 0 fully saturated rings. The number of ether oxygens (including phenoxy) is 1. The first kappa shape index (κ1) is 20.1. The number of benzene rings is 2. The van der Waals surface area contributed by atoms with Gasteiger partial charge in [-0.3, -0.25) is 14.2 Å². The zero-order chi connectivity index (χ0) is 21.1. The number of halogens is 1. The molecule has 0 aliphatic carbocycles. The van der Waals surface area contributed by atoms with Crippen LogP contribution in [0.15, 0.2) is 65.0 Å². The van der Waals surface area contributed by atoms with E-state index in [-0.39, 0.29) is 24.4 Å². The van der Waals surface area contributed by atoms with E-state index in [1.165, 1.54) is 29.3 Å². The molecule has 0 saturated heterocycles. The number of methoxy groups -OCH3 is 1. The van der Waals surface area contributed by atoms with Crippen molar-refractivity contribution in [3.05, 3.63) is 75.6 Å². The molecule has 30 heavy (non-hydrogen) atoms. The van der Waals surface area contributed by atoms with Crippen molar-refractivity contribution in [2.24, 2.45) is 0 Å². The maximum atomic E-state index is 13.1. The predicted molar refractivity (Wildman–Crippen MR) is 121 cm³/mol. The Labute approximate surface area is 181 Å². The molecule has 2 heterocycles. The van der Waals surface area contributed by atoms with Crippen LogP contribution in [0, 0.1) is 0 Å². The summed E-state index contributed by atoms with van der Waals surface area (Å²) in [6.07, 6.45) is 1.59. The molecule has 4 rings (SSSR count). The Kier molecular flexibility index (Phi) is 5.83. The third kappa shape index (κ3) is 4.08. The van der Waals surface area contributed by atoms with Crippen LogP contribution in [0.1, 0.15) is 6.42 Å². The Morgan fingerprint density at radius 1 is 1.23 bits per heavy atom. The van der Waals surface area contributed by atoms with Gasteiger partial charge >= 0.3 is 0 Å². The number of anilines is 1. The molecule has 8 heteroatoms. The number of hydrogen-bond acceptors (Lipinski definition) is 5. The minimum absolute atomic E-state index is 0.105. The number of carbonyl (C=O) groups excluding carboxylic acids is 1. The third-order valence-electron chi connectivity index (χ3n) is 4.66. The molecule has 1 N–H and O–H groups in total. The average molecular weight is 440 g/mol. The van der Waals surface area contributed by atoms with Crippen LogP contribution in [0.2, 0.25) is 5.02 Å². The van der Waals surface area contributed by atoms with Gasteiger partial charge in [0.05, 0.1) is 24.5 Å². The fraction of sp³-hybridized carbons (Fsp3) is 0.136.